The molecule has 4 rings (SSSR count). The standard InChI is InChI=1S/C24H28ClN5O3S/c1-15(2)34(31,32)22-8-6-5-7-19(22)27-23-18(25)13-26-24(29-23)28-20-11-17-14-30(3)10-9-16(17)12-21(20)33-4/h5-8,11-13,15H,9-10,14H2,1-4H3,(H2,26,27,28,29). The van der Waals surface area contributed by atoms with E-state index in [-0.39, 0.29) is 9.92 Å². The molecule has 34 heavy (non-hydrogen) atoms. The largest absolute Gasteiger partial charge is 0.495 e. The van der Waals surface area contributed by atoms with Crippen LogP contribution < -0.4 is 15.4 Å². The molecule has 0 saturated heterocycles. The van der Waals surface area contributed by atoms with Gasteiger partial charge in [-0.1, -0.05) is 23.7 Å². The minimum absolute atomic E-state index is 0.190. The van der Waals surface area contributed by atoms with Crippen molar-refractivity contribution in [3.8, 4) is 5.75 Å². The lowest BCUT2D eigenvalue weighted by molar-refractivity contribution is 0.312. The number of rotatable bonds is 7. The van der Waals surface area contributed by atoms with E-state index in [1.165, 1.54) is 17.3 Å². The van der Waals surface area contributed by atoms with Gasteiger partial charge in [0.15, 0.2) is 15.7 Å². The molecule has 2 aromatic carbocycles. The summed E-state index contributed by atoms with van der Waals surface area (Å²) in [5.74, 6) is 1.30. The number of ether oxygens (including phenoxy) is 1. The molecule has 3 aromatic rings. The monoisotopic (exact) mass is 501 g/mol. The van der Waals surface area contributed by atoms with Gasteiger partial charge in [0.05, 0.1) is 34.8 Å². The number of aromatic nitrogens is 2. The van der Waals surface area contributed by atoms with E-state index < -0.39 is 15.1 Å². The molecule has 2 heterocycles. The normalized spacial score (nSPS) is 14.1. The molecule has 0 saturated carbocycles. The number of likely N-dealkylation sites (N-methyl/N-ethyl adjacent to an activating group) is 1. The Labute approximate surface area is 205 Å². The van der Waals surface area contributed by atoms with E-state index >= 15 is 0 Å². The molecule has 8 nitrogen and oxygen atoms in total. The lowest BCUT2D eigenvalue weighted by atomic mass is 9.99. The van der Waals surface area contributed by atoms with Crippen molar-refractivity contribution in [2.75, 3.05) is 31.3 Å². The summed E-state index contributed by atoms with van der Waals surface area (Å²) >= 11 is 6.35. The second-order valence-corrected chi connectivity index (χ2v) is 11.4. The minimum Gasteiger partial charge on any atom is -0.495 e. The van der Waals surface area contributed by atoms with E-state index in [4.69, 9.17) is 16.3 Å². The maximum absolute atomic E-state index is 12.8. The average Bonchev–Trinajstić information content (AvgIpc) is 2.81. The molecule has 0 spiro atoms. The SMILES string of the molecule is COc1cc2c(cc1Nc1ncc(Cl)c(Nc3ccccc3S(=O)(=O)C(C)C)n1)CN(C)CC2. The van der Waals surface area contributed by atoms with Gasteiger partial charge < -0.3 is 20.3 Å². The van der Waals surface area contributed by atoms with Crippen molar-refractivity contribution in [1.29, 1.82) is 0 Å². The molecule has 0 bridgehead atoms. The van der Waals surface area contributed by atoms with Crippen LogP contribution in [0.1, 0.15) is 25.0 Å². The lowest BCUT2D eigenvalue weighted by Crippen LogP contribution is -2.26. The second-order valence-electron chi connectivity index (χ2n) is 8.54. The van der Waals surface area contributed by atoms with Crippen LogP contribution in [-0.2, 0) is 22.8 Å². The summed E-state index contributed by atoms with van der Waals surface area (Å²) in [4.78, 5) is 11.3. The van der Waals surface area contributed by atoms with E-state index in [0.29, 0.717) is 23.2 Å². The van der Waals surface area contributed by atoms with Crippen LogP contribution in [0, 0.1) is 0 Å². The number of fused-ring (bicyclic) bond motifs is 1. The number of nitrogens with one attached hydrogen (secondary N) is 2. The minimum atomic E-state index is -3.51. The molecular weight excluding hydrogens is 474 g/mol. The van der Waals surface area contributed by atoms with Crippen molar-refractivity contribution in [1.82, 2.24) is 14.9 Å². The molecule has 0 radical (unpaired) electrons. The first-order valence-electron chi connectivity index (χ1n) is 11.0. The Morgan fingerprint density at radius 3 is 2.62 bits per heavy atom. The first-order valence-corrected chi connectivity index (χ1v) is 12.9. The number of sulfone groups is 1. The predicted molar refractivity (Wildman–Crippen MR) is 135 cm³/mol. The highest BCUT2D eigenvalue weighted by Crippen LogP contribution is 2.34. The van der Waals surface area contributed by atoms with E-state index in [9.17, 15) is 8.42 Å². The number of halogens is 1. The van der Waals surface area contributed by atoms with Gasteiger partial charge in [0.1, 0.15) is 10.8 Å². The summed E-state index contributed by atoms with van der Waals surface area (Å²) in [7, 11) is 0.217. The van der Waals surface area contributed by atoms with Crippen LogP contribution in [0.25, 0.3) is 0 Å². The zero-order chi connectivity index (χ0) is 24.5. The fraction of sp³-hybridized carbons (Fsp3) is 0.333. The third-order valence-electron chi connectivity index (χ3n) is 5.78. The van der Waals surface area contributed by atoms with Crippen molar-refractivity contribution in [2.24, 2.45) is 0 Å². The number of methoxy groups -OCH3 is 1. The number of benzene rings is 2. The van der Waals surface area contributed by atoms with E-state index in [2.05, 4.69) is 38.6 Å². The topological polar surface area (TPSA) is 96.4 Å². The van der Waals surface area contributed by atoms with Gasteiger partial charge in [-0.2, -0.15) is 4.98 Å². The maximum atomic E-state index is 12.8. The molecule has 1 aliphatic heterocycles. The Morgan fingerprint density at radius 2 is 1.88 bits per heavy atom. The highest BCUT2D eigenvalue weighted by Gasteiger charge is 2.23. The van der Waals surface area contributed by atoms with Crippen LogP contribution in [0.2, 0.25) is 5.02 Å². The van der Waals surface area contributed by atoms with Gasteiger partial charge in [0.2, 0.25) is 5.95 Å². The Bertz CT molecular complexity index is 1310. The first kappa shape index (κ1) is 24.3. The van der Waals surface area contributed by atoms with Crippen molar-refractivity contribution in [3.63, 3.8) is 0 Å². The maximum Gasteiger partial charge on any atom is 0.229 e. The van der Waals surface area contributed by atoms with Gasteiger partial charge in [0, 0.05) is 13.1 Å². The summed E-state index contributed by atoms with van der Waals surface area (Å²) in [6, 6.07) is 10.8. The smallest absolute Gasteiger partial charge is 0.229 e. The average molecular weight is 502 g/mol. The highest BCUT2D eigenvalue weighted by atomic mass is 35.5. The van der Waals surface area contributed by atoms with Gasteiger partial charge in [-0.15, -0.1) is 0 Å². The number of anilines is 4. The zero-order valence-corrected chi connectivity index (χ0v) is 21.2. The molecule has 180 valence electrons. The Kier molecular flexibility index (Phi) is 6.97. The van der Waals surface area contributed by atoms with Gasteiger partial charge in [-0.05, 0) is 62.7 Å². The third-order valence-corrected chi connectivity index (χ3v) is 8.27. The Balaban J connectivity index is 1.66. The van der Waals surface area contributed by atoms with Gasteiger partial charge >= 0.3 is 0 Å². The van der Waals surface area contributed by atoms with E-state index in [1.54, 1.807) is 45.2 Å². The second kappa shape index (κ2) is 9.77. The zero-order valence-electron chi connectivity index (χ0n) is 19.6. The van der Waals surface area contributed by atoms with Crippen LogP contribution in [0.5, 0.6) is 5.75 Å². The predicted octanol–water partition coefficient (Wildman–Crippen LogP) is 4.80. The van der Waals surface area contributed by atoms with Crippen LogP contribution in [0.3, 0.4) is 0 Å². The van der Waals surface area contributed by atoms with E-state index in [0.717, 1.165) is 25.2 Å². The van der Waals surface area contributed by atoms with Crippen molar-refractivity contribution < 1.29 is 13.2 Å². The third kappa shape index (κ3) is 4.96. The van der Waals surface area contributed by atoms with Gasteiger partial charge in [0.25, 0.3) is 0 Å². The summed E-state index contributed by atoms with van der Waals surface area (Å²) in [6.07, 6.45) is 2.43. The quantitative estimate of drug-likeness (QED) is 0.476. The lowest BCUT2D eigenvalue weighted by Gasteiger charge is -2.26. The van der Waals surface area contributed by atoms with Crippen molar-refractivity contribution >= 4 is 44.6 Å². The number of hydrogen-bond donors (Lipinski definition) is 2. The molecule has 10 heteroatoms. The molecule has 0 fully saturated rings. The summed E-state index contributed by atoms with van der Waals surface area (Å²) in [5, 5.41) is 5.99. The molecule has 1 aliphatic rings. The van der Waals surface area contributed by atoms with Crippen molar-refractivity contribution in [2.45, 2.75) is 37.0 Å². The van der Waals surface area contributed by atoms with Gasteiger partial charge in [-0.25, -0.2) is 13.4 Å². The molecule has 0 aliphatic carbocycles. The summed E-state index contributed by atoms with van der Waals surface area (Å²) in [6.45, 7) is 5.15. The highest BCUT2D eigenvalue weighted by molar-refractivity contribution is 7.92. The molecule has 2 N–H and O–H groups in total. The molecular formula is C24H28ClN5O3S. The van der Waals surface area contributed by atoms with E-state index in [1.807, 2.05) is 6.07 Å². The molecule has 0 atom stereocenters. The van der Waals surface area contributed by atoms with Crippen molar-refractivity contribution in [3.05, 3.63) is 58.7 Å². The van der Waals surface area contributed by atoms with Gasteiger partial charge in [-0.3, -0.25) is 0 Å². The van der Waals surface area contributed by atoms with Crippen LogP contribution in [0.4, 0.5) is 23.1 Å². The fourth-order valence-electron chi connectivity index (χ4n) is 3.83. The Hall–Kier alpha value is -2.88. The molecule has 0 unspecified atom stereocenters. The van der Waals surface area contributed by atoms with Crippen LogP contribution in [0.15, 0.2) is 47.5 Å². The molecule has 1 aromatic heterocycles. The first-order chi connectivity index (χ1) is 16.2. The Morgan fingerprint density at radius 1 is 1.12 bits per heavy atom. The van der Waals surface area contributed by atoms with Crippen LogP contribution in [-0.4, -0.2) is 49.2 Å². The number of nitrogens with zero attached hydrogens (tertiary/aromatic N) is 3. The number of para-hydroxylation sites is 1. The van der Waals surface area contributed by atoms with Crippen LogP contribution >= 0.6 is 11.6 Å². The summed E-state index contributed by atoms with van der Waals surface area (Å²) in [5.41, 5.74) is 3.63. The fourth-order valence-corrected chi connectivity index (χ4v) is 5.17. The molecule has 0 amide bonds. The number of hydrogen-bond acceptors (Lipinski definition) is 8. The summed E-state index contributed by atoms with van der Waals surface area (Å²) < 4.78 is 31.2.